The SMILES string of the molecule is Nc1nc(/C(=N/O)C(=O)NC2C(=O)N3C(C(=O)O)=C(Sc4c(Cl)cnnc4Cl)CCC23)ns1. The van der Waals surface area contributed by atoms with Crippen molar-refractivity contribution >= 4 is 75.1 Å². The summed E-state index contributed by atoms with van der Waals surface area (Å²) >= 11 is 13.9. The molecule has 4 rings (SSSR count). The van der Waals surface area contributed by atoms with E-state index in [1.165, 1.54) is 6.20 Å². The van der Waals surface area contributed by atoms with Crippen molar-refractivity contribution in [3.05, 3.63) is 32.8 Å². The van der Waals surface area contributed by atoms with Crippen LogP contribution in [0.4, 0.5) is 5.13 Å². The number of amides is 2. The van der Waals surface area contributed by atoms with Gasteiger partial charge in [-0.05, 0) is 12.8 Å². The molecule has 4 heterocycles. The fourth-order valence-electron chi connectivity index (χ4n) is 3.41. The molecule has 13 nitrogen and oxygen atoms in total. The Hall–Kier alpha value is -3.01. The number of nitrogens with one attached hydrogen (secondary N) is 1. The van der Waals surface area contributed by atoms with Gasteiger partial charge in [0.25, 0.3) is 11.8 Å². The summed E-state index contributed by atoms with van der Waals surface area (Å²) in [6.07, 6.45) is 1.89. The van der Waals surface area contributed by atoms with E-state index in [1.54, 1.807) is 0 Å². The zero-order valence-corrected chi connectivity index (χ0v) is 19.2. The molecule has 17 heteroatoms. The zero-order chi connectivity index (χ0) is 23.9. The lowest BCUT2D eigenvalue weighted by atomic mass is 9.86. The molecule has 2 aliphatic heterocycles. The normalized spacial score (nSPS) is 20.4. The number of thioether (sulfide) groups is 1. The zero-order valence-electron chi connectivity index (χ0n) is 16.1. The third kappa shape index (κ3) is 4.19. The van der Waals surface area contributed by atoms with E-state index in [0.29, 0.717) is 16.2 Å². The molecule has 0 aliphatic carbocycles. The van der Waals surface area contributed by atoms with Crippen LogP contribution < -0.4 is 11.1 Å². The molecule has 2 atom stereocenters. The molecule has 2 amide bonds. The first-order chi connectivity index (χ1) is 15.7. The van der Waals surface area contributed by atoms with Crippen molar-refractivity contribution < 1.29 is 24.7 Å². The van der Waals surface area contributed by atoms with Gasteiger partial charge in [-0.3, -0.25) is 14.5 Å². The Morgan fingerprint density at radius 3 is 2.76 bits per heavy atom. The second kappa shape index (κ2) is 9.09. The summed E-state index contributed by atoms with van der Waals surface area (Å²) in [6.45, 7) is 0. The Labute approximate surface area is 202 Å². The Kier molecular flexibility index (Phi) is 6.38. The van der Waals surface area contributed by atoms with E-state index in [-0.39, 0.29) is 33.2 Å². The second-order valence-electron chi connectivity index (χ2n) is 6.66. The number of carbonyl (C=O) groups is 3. The van der Waals surface area contributed by atoms with Crippen molar-refractivity contribution in [2.45, 2.75) is 29.8 Å². The molecule has 172 valence electrons. The minimum absolute atomic E-state index is 0.000885. The summed E-state index contributed by atoms with van der Waals surface area (Å²) in [4.78, 5) is 42.9. The lowest BCUT2D eigenvalue weighted by Gasteiger charge is -2.50. The van der Waals surface area contributed by atoms with Gasteiger partial charge in [-0.2, -0.15) is 14.5 Å². The first-order valence-corrected chi connectivity index (χ1v) is 11.3. The number of allylic oxidation sites excluding steroid dienone is 1. The number of hydrogen-bond donors (Lipinski definition) is 4. The molecule has 0 radical (unpaired) electrons. The number of carbonyl (C=O) groups excluding carboxylic acids is 2. The maximum atomic E-state index is 12.8. The standard InChI is InChI=1S/C16H12Cl2N8O5S2/c17-4-3-20-23-11(18)10(4)32-6-2-1-5-7(14(28)26(5)9(6)15(29)30)21-13(27)8(24-31)12-22-16(19)33-25-12/h3,5,7,31H,1-2H2,(H,21,27)(H,29,30)(H2,19,22,25)/b24-8-. The van der Waals surface area contributed by atoms with Gasteiger partial charge in [0.05, 0.1) is 22.2 Å². The number of carboxylic acids is 1. The minimum Gasteiger partial charge on any atom is -0.477 e. The predicted octanol–water partition coefficient (Wildman–Crippen LogP) is 0.973. The number of nitrogen functional groups attached to an aromatic ring is 1. The van der Waals surface area contributed by atoms with E-state index in [1.807, 2.05) is 0 Å². The lowest BCUT2D eigenvalue weighted by molar-refractivity contribution is -0.155. The van der Waals surface area contributed by atoms with Gasteiger partial charge in [0.2, 0.25) is 11.5 Å². The van der Waals surface area contributed by atoms with Gasteiger partial charge in [-0.25, -0.2) is 4.79 Å². The summed E-state index contributed by atoms with van der Waals surface area (Å²) in [7, 11) is 0. The largest absolute Gasteiger partial charge is 0.477 e. The average Bonchev–Trinajstić information content (AvgIpc) is 3.20. The Morgan fingerprint density at radius 1 is 1.39 bits per heavy atom. The molecule has 0 aromatic carbocycles. The molecule has 0 spiro atoms. The van der Waals surface area contributed by atoms with Crippen molar-refractivity contribution in [1.29, 1.82) is 0 Å². The highest BCUT2D eigenvalue weighted by atomic mass is 35.5. The summed E-state index contributed by atoms with van der Waals surface area (Å²) < 4.78 is 3.80. The molecular formula is C16H12Cl2N8O5S2. The first-order valence-electron chi connectivity index (χ1n) is 8.99. The number of nitrogens with two attached hydrogens (primary N) is 1. The number of carboxylic acid groups (broad SMARTS) is 1. The van der Waals surface area contributed by atoms with Gasteiger partial charge in [0.1, 0.15) is 11.7 Å². The van der Waals surface area contributed by atoms with Gasteiger partial charge in [0.15, 0.2) is 10.3 Å². The van der Waals surface area contributed by atoms with Crippen molar-refractivity contribution in [2.24, 2.45) is 5.16 Å². The number of nitrogens with zero attached hydrogens (tertiary/aromatic N) is 6. The molecule has 1 saturated heterocycles. The van der Waals surface area contributed by atoms with Crippen LogP contribution >= 0.6 is 46.5 Å². The molecule has 2 aromatic heterocycles. The van der Waals surface area contributed by atoms with E-state index in [2.05, 4.69) is 30.0 Å². The van der Waals surface area contributed by atoms with Crippen LogP contribution in [0.15, 0.2) is 26.9 Å². The average molecular weight is 531 g/mol. The van der Waals surface area contributed by atoms with Crippen molar-refractivity contribution in [3.8, 4) is 0 Å². The van der Waals surface area contributed by atoms with Crippen LogP contribution in [-0.2, 0) is 14.4 Å². The topological polar surface area (TPSA) is 197 Å². The number of aromatic nitrogens is 4. The quantitative estimate of drug-likeness (QED) is 0.179. The monoisotopic (exact) mass is 530 g/mol. The fourth-order valence-corrected chi connectivity index (χ4v) is 5.42. The van der Waals surface area contributed by atoms with E-state index in [0.717, 1.165) is 28.2 Å². The second-order valence-corrected chi connectivity index (χ2v) is 9.32. The fraction of sp³-hybridized carbons (Fsp3) is 0.250. The number of aliphatic carboxylic acids is 1. The van der Waals surface area contributed by atoms with Crippen LogP contribution in [0.2, 0.25) is 10.2 Å². The Balaban J connectivity index is 1.55. The maximum absolute atomic E-state index is 12.8. The highest BCUT2D eigenvalue weighted by Crippen LogP contribution is 2.45. The van der Waals surface area contributed by atoms with Gasteiger partial charge in [0, 0.05) is 16.4 Å². The smallest absolute Gasteiger partial charge is 0.353 e. The van der Waals surface area contributed by atoms with Gasteiger partial charge < -0.3 is 21.4 Å². The highest BCUT2D eigenvalue weighted by molar-refractivity contribution is 8.03. The van der Waals surface area contributed by atoms with Crippen LogP contribution in [0.1, 0.15) is 18.7 Å². The Morgan fingerprint density at radius 2 is 2.15 bits per heavy atom. The lowest BCUT2D eigenvalue weighted by Crippen LogP contribution is -2.72. The summed E-state index contributed by atoms with van der Waals surface area (Å²) in [6, 6.07) is -1.65. The van der Waals surface area contributed by atoms with Crippen LogP contribution in [0, 0.1) is 0 Å². The first kappa shape index (κ1) is 23.2. The van der Waals surface area contributed by atoms with Crippen LogP contribution in [0.3, 0.4) is 0 Å². The predicted molar refractivity (Wildman–Crippen MR) is 117 cm³/mol. The summed E-state index contributed by atoms with van der Waals surface area (Å²) in [5.41, 5.74) is 4.72. The number of β-lactam (4-membered cyclic amide) rings is 1. The molecule has 33 heavy (non-hydrogen) atoms. The maximum Gasteiger partial charge on any atom is 0.353 e. The van der Waals surface area contributed by atoms with E-state index < -0.39 is 35.6 Å². The van der Waals surface area contributed by atoms with Crippen LogP contribution in [-0.4, -0.2) is 70.3 Å². The number of fused-ring (bicyclic) bond motifs is 1. The molecule has 1 fully saturated rings. The number of anilines is 1. The Bertz CT molecular complexity index is 1210. The molecule has 0 saturated carbocycles. The molecule has 0 bridgehead atoms. The highest BCUT2D eigenvalue weighted by Gasteiger charge is 2.54. The van der Waals surface area contributed by atoms with Crippen molar-refractivity contribution in [2.75, 3.05) is 5.73 Å². The van der Waals surface area contributed by atoms with Gasteiger partial charge in [-0.15, -0.1) is 5.10 Å². The molecule has 2 aromatic rings. The molecular weight excluding hydrogens is 519 g/mol. The molecule has 5 N–H and O–H groups in total. The number of hydrogen-bond acceptors (Lipinski definition) is 12. The number of oxime groups is 1. The van der Waals surface area contributed by atoms with Crippen molar-refractivity contribution in [3.63, 3.8) is 0 Å². The van der Waals surface area contributed by atoms with E-state index >= 15 is 0 Å². The number of halogens is 2. The van der Waals surface area contributed by atoms with Gasteiger partial charge in [-0.1, -0.05) is 40.1 Å². The molecule has 2 aliphatic rings. The third-order valence-corrected chi connectivity index (χ3v) is 7.38. The number of rotatable bonds is 6. The minimum atomic E-state index is -1.32. The van der Waals surface area contributed by atoms with Crippen LogP contribution in [0.25, 0.3) is 0 Å². The van der Waals surface area contributed by atoms with Crippen molar-refractivity contribution in [1.82, 2.24) is 29.8 Å². The third-order valence-electron chi connectivity index (χ3n) is 4.80. The summed E-state index contributed by atoms with van der Waals surface area (Å²) in [5.74, 6) is -3.07. The molecule has 2 unspecified atom stereocenters. The van der Waals surface area contributed by atoms with Crippen LogP contribution in [0.5, 0.6) is 0 Å². The van der Waals surface area contributed by atoms with E-state index in [4.69, 9.17) is 28.9 Å². The van der Waals surface area contributed by atoms with E-state index in [9.17, 15) is 24.7 Å². The van der Waals surface area contributed by atoms with Gasteiger partial charge >= 0.3 is 5.97 Å². The summed E-state index contributed by atoms with van der Waals surface area (Å²) in [5, 5.41) is 31.9.